The van der Waals surface area contributed by atoms with Crippen LogP contribution in [0.1, 0.15) is 69.9 Å². The number of nitrogens with two attached hydrogens (primary N) is 1. The van der Waals surface area contributed by atoms with Gasteiger partial charge in [-0.15, -0.1) is 0 Å². The van der Waals surface area contributed by atoms with Crippen molar-refractivity contribution in [1.82, 2.24) is 5.32 Å². The van der Waals surface area contributed by atoms with E-state index in [1.54, 1.807) is 7.11 Å². The minimum atomic E-state index is -0.704. The van der Waals surface area contributed by atoms with Crippen LogP contribution in [0.4, 0.5) is 0 Å². The second-order valence-corrected chi connectivity index (χ2v) is 7.49. The van der Waals surface area contributed by atoms with Crippen LogP contribution < -0.4 is 20.5 Å². The monoisotopic (exact) mass is 346 g/mol. The highest BCUT2D eigenvalue weighted by Gasteiger charge is 2.37. The Kier molecular flexibility index (Phi) is 5.52. The molecule has 1 aromatic carbocycles. The third kappa shape index (κ3) is 4.09. The van der Waals surface area contributed by atoms with Gasteiger partial charge in [-0.1, -0.05) is 18.9 Å². The maximum absolute atomic E-state index is 12.5. The third-order valence-corrected chi connectivity index (χ3v) is 5.58. The maximum Gasteiger partial charge on any atom is 0.240 e. The third-order valence-electron chi connectivity index (χ3n) is 5.58. The molecule has 0 bridgehead atoms. The van der Waals surface area contributed by atoms with E-state index < -0.39 is 5.54 Å². The molecule has 0 aliphatic heterocycles. The normalized spacial score (nSPS) is 21.1. The number of amides is 1. The largest absolute Gasteiger partial charge is 0.493 e. The highest BCUT2D eigenvalue weighted by molar-refractivity contribution is 5.86. The minimum Gasteiger partial charge on any atom is -0.493 e. The second-order valence-electron chi connectivity index (χ2n) is 7.49. The van der Waals surface area contributed by atoms with E-state index >= 15 is 0 Å². The number of hydrogen-bond donors (Lipinski definition) is 2. The summed E-state index contributed by atoms with van der Waals surface area (Å²) in [5, 5.41) is 3.06. The zero-order valence-electron chi connectivity index (χ0n) is 15.3. The molecule has 138 valence electrons. The molecule has 1 aromatic rings. The fraction of sp³-hybridized carbons (Fsp3) is 0.650. The van der Waals surface area contributed by atoms with Crippen molar-refractivity contribution >= 4 is 5.91 Å². The van der Waals surface area contributed by atoms with Crippen LogP contribution in [-0.4, -0.2) is 24.7 Å². The average Bonchev–Trinajstić information content (AvgIpc) is 3.27. The van der Waals surface area contributed by atoms with Gasteiger partial charge >= 0.3 is 0 Å². The topological polar surface area (TPSA) is 73.6 Å². The Bertz CT molecular complexity index is 605. The second kappa shape index (κ2) is 7.65. The molecule has 1 unspecified atom stereocenters. The molecule has 5 heteroatoms. The standard InChI is InChI=1S/C20H30N2O3/c1-14(22-19(23)20(21)11-5-6-12-20)15-9-10-17(18(13-15)24-2)25-16-7-3-4-8-16/h9-10,13-14,16H,3-8,11-12,21H2,1-2H3,(H,22,23). The summed E-state index contributed by atoms with van der Waals surface area (Å²) in [5.41, 5.74) is 6.53. The molecule has 2 aliphatic rings. The van der Waals surface area contributed by atoms with Crippen molar-refractivity contribution in [2.45, 2.75) is 76.0 Å². The van der Waals surface area contributed by atoms with E-state index in [1.165, 1.54) is 12.8 Å². The Labute approximate surface area is 150 Å². The molecule has 3 N–H and O–H groups in total. The molecule has 0 aromatic heterocycles. The highest BCUT2D eigenvalue weighted by atomic mass is 16.5. The Morgan fingerprint density at radius 1 is 1.20 bits per heavy atom. The van der Waals surface area contributed by atoms with Crippen molar-refractivity contribution in [3.63, 3.8) is 0 Å². The van der Waals surface area contributed by atoms with Gasteiger partial charge in [0, 0.05) is 0 Å². The maximum atomic E-state index is 12.5. The Morgan fingerprint density at radius 2 is 1.88 bits per heavy atom. The van der Waals surface area contributed by atoms with Crippen molar-refractivity contribution in [2.75, 3.05) is 7.11 Å². The van der Waals surface area contributed by atoms with E-state index in [4.69, 9.17) is 15.2 Å². The summed E-state index contributed by atoms with van der Waals surface area (Å²) in [4.78, 5) is 12.5. The predicted octanol–water partition coefficient (Wildman–Crippen LogP) is 3.47. The van der Waals surface area contributed by atoms with Crippen LogP contribution in [0.2, 0.25) is 0 Å². The SMILES string of the molecule is COc1cc(C(C)NC(=O)C2(N)CCCC2)ccc1OC1CCCC1. The molecule has 2 fully saturated rings. The molecule has 25 heavy (non-hydrogen) atoms. The molecule has 0 saturated heterocycles. The number of carbonyl (C=O) groups is 1. The minimum absolute atomic E-state index is 0.0530. The molecule has 2 saturated carbocycles. The van der Waals surface area contributed by atoms with Crippen LogP contribution in [0.25, 0.3) is 0 Å². The van der Waals surface area contributed by atoms with Crippen LogP contribution in [-0.2, 0) is 4.79 Å². The van der Waals surface area contributed by atoms with E-state index in [9.17, 15) is 4.79 Å². The van der Waals surface area contributed by atoms with Crippen LogP contribution in [0.3, 0.4) is 0 Å². The van der Waals surface area contributed by atoms with Gasteiger partial charge in [-0.3, -0.25) is 4.79 Å². The van der Waals surface area contributed by atoms with E-state index in [2.05, 4.69) is 5.32 Å². The number of benzene rings is 1. The molecular weight excluding hydrogens is 316 g/mol. The van der Waals surface area contributed by atoms with Gasteiger partial charge in [0.2, 0.25) is 5.91 Å². The Morgan fingerprint density at radius 3 is 2.52 bits per heavy atom. The number of methoxy groups -OCH3 is 1. The highest BCUT2D eigenvalue weighted by Crippen LogP contribution is 2.34. The lowest BCUT2D eigenvalue weighted by Gasteiger charge is -2.25. The van der Waals surface area contributed by atoms with Gasteiger partial charge in [-0.25, -0.2) is 0 Å². The lowest BCUT2D eigenvalue weighted by atomic mass is 9.97. The summed E-state index contributed by atoms with van der Waals surface area (Å²) in [7, 11) is 1.65. The van der Waals surface area contributed by atoms with Gasteiger partial charge in [0.05, 0.1) is 24.8 Å². The molecule has 1 amide bonds. The van der Waals surface area contributed by atoms with Gasteiger partial charge < -0.3 is 20.5 Å². The summed E-state index contributed by atoms with van der Waals surface area (Å²) in [5.74, 6) is 1.44. The predicted molar refractivity (Wildman–Crippen MR) is 97.8 cm³/mol. The Balaban J connectivity index is 1.67. The first kappa shape index (κ1) is 18.1. The first-order valence-electron chi connectivity index (χ1n) is 9.46. The quantitative estimate of drug-likeness (QED) is 0.827. The van der Waals surface area contributed by atoms with E-state index in [0.29, 0.717) is 5.75 Å². The van der Waals surface area contributed by atoms with Crippen molar-refractivity contribution in [3.8, 4) is 11.5 Å². The number of nitrogens with one attached hydrogen (secondary N) is 1. The van der Waals surface area contributed by atoms with E-state index in [1.807, 2.05) is 25.1 Å². The van der Waals surface area contributed by atoms with Gasteiger partial charge in [0.15, 0.2) is 11.5 Å². The summed E-state index contributed by atoms with van der Waals surface area (Å²) in [6, 6.07) is 5.77. The summed E-state index contributed by atoms with van der Waals surface area (Å²) < 4.78 is 11.6. The molecule has 1 atom stereocenters. The first-order valence-corrected chi connectivity index (χ1v) is 9.46. The van der Waals surface area contributed by atoms with Gasteiger partial charge in [0.25, 0.3) is 0 Å². The number of rotatable bonds is 6. The number of hydrogen-bond acceptors (Lipinski definition) is 4. The lowest BCUT2D eigenvalue weighted by Crippen LogP contribution is -2.52. The Hall–Kier alpha value is -1.75. The van der Waals surface area contributed by atoms with Crippen molar-refractivity contribution in [2.24, 2.45) is 5.73 Å². The van der Waals surface area contributed by atoms with Gasteiger partial charge in [-0.05, 0) is 63.1 Å². The zero-order valence-corrected chi connectivity index (χ0v) is 15.3. The molecule has 0 spiro atoms. The van der Waals surface area contributed by atoms with Crippen LogP contribution >= 0.6 is 0 Å². The van der Waals surface area contributed by atoms with Crippen molar-refractivity contribution in [1.29, 1.82) is 0 Å². The summed E-state index contributed by atoms with van der Waals surface area (Å²) >= 11 is 0. The fourth-order valence-corrected chi connectivity index (χ4v) is 3.89. The van der Waals surface area contributed by atoms with Crippen LogP contribution in [0, 0.1) is 0 Å². The van der Waals surface area contributed by atoms with Gasteiger partial charge in [-0.2, -0.15) is 0 Å². The van der Waals surface area contributed by atoms with E-state index in [0.717, 1.165) is 49.8 Å². The number of carbonyl (C=O) groups excluding carboxylic acids is 1. The summed E-state index contributed by atoms with van der Waals surface area (Å²) in [6.07, 6.45) is 8.55. The fourth-order valence-electron chi connectivity index (χ4n) is 3.89. The molecular formula is C20H30N2O3. The lowest BCUT2D eigenvalue weighted by molar-refractivity contribution is -0.126. The zero-order chi connectivity index (χ0) is 17.9. The average molecular weight is 346 g/mol. The van der Waals surface area contributed by atoms with Crippen LogP contribution in [0.15, 0.2) is 18.2 Å². The summed E-state index contributed by atoms with van der Waals surface area (Å²) in [6.45, 7) is 1.97. The smallest absolute Gasteiger partial charge is 0.240 e. The van der Waals surface area contributed by atoms with E-state index in [-0.39, 0.29) is 18.1 Å². The van der Waals surface area contributed by atoms with Crippen molar-refractivity contribution in [3.05, 3.63) is 23.8 Å². The first-order chi connectivity index (χ1) is 12.0. The van der Waals surface area contributed by atoms with Crippen LogP contribution in [0.5, 0.6) is 11.5 Å². The van der Waals surface area contributed by atoms with Gasteiger partial charge in [0.1, 0.15) is 0 Å². The van der Waals surface area contributed by atoms with Crippen molar-refractivity contribution < 1.29 is 14.3 Å². The molecule has 2 aliphatic carbocycles. The molecule has 5 nitrogen and oxygen atoms in total. The molecule has 0 heterocycles. The molecule has 3 rings (SSSR count). The molecule has 0 radical (unpaired) electrons. The number of ether oxygens (including phenoxy) is 2.